The zero-order chi connectivity index (χ0) is 14.5. The van der Waals surface area contributed by atoms with Crippen LogP contribution in [0.3, 0.4) is 0 Å². The van der Waals surface area contributed by atoms with E-state index in [1.807, 2.05) is 13.8 Å². The van der Waals surface area contributed by atoms with Crippen LogP contribution in [0.25, 0.3) is 0 Å². The third kappa shape index (κ3) is 5.29. The fourth-order valence-electron chi connectivity index (χ4n) is 1.96. The first-order valence-electron chi connectivity index (χ1n) is 6.16. The van der Waals surface area contributed by atoms with Crippen molar-refractivity contribution in [1.82, 2.24) is 0 Å². The van der Waals surface area contributed by atoms with E-state index in [0.717, 1.165) is 0 Å². The van der Waals surface area contributed by atoms with E-state index in [2.05, 4.69) is 0 Å². The smallest absolute Gasteiger partial charge is 0.317 e. The highest BCUT2D eigenvalue weighted by molar-refractivity contribution is 5.94. The van der Waals surface area contributed by atoms with Crippen molar-refractivity contribution in [3.63, 3.8) is 0 Å². The molecule has 0 aliphatic carbocycles. The zero-order valence-corrected chi connectivity index (χ0v) is 11.3. The van der Waals surface area contributed by atoms with Crippen molar-refractivity contribution in [2.45, 2.75) is 40.5 Å². The highest BCUT2D eigenvalue weighted by Gasteiger charge is 2.33. The van der Waals surface area contributed by atoms with Gasteiger partial charge in [0, 0.05) is 11.8 Å². The SMILES string of the molecule is CC(C)CC(CC(C(=O)O)C(=O)O)C(=O)C(C)C. The Kier molecular flexibility index (Phi) is 6.58. The van der Waals surface area contributed by atoms with Crippen molar-refractivity contribution in [3.8, 4) is 0 Å². The molecule has 0 aliphatic heterocycles. The average molecular weight is 258 g/mol. The molecule has 104 valence electrons. The molecule has 0 fully saturated rings. The van der Waals surface area contributed by atoms with Gasteiger partial charge >= 0.3 is 11.9 Å². The van der Waals surface area contributed by atoms with Crippen LogP contribution < -0.4 is 0 Å². The maximum atomic E-state index is 12.0. The van der Waals surface area contributed by atoms with E-state index in [9.17, 15) is 14.4 Å². The lowest BCUT2D eigenvalue weighted by Crippen LogP contribution is -2.31. The van der Waals surface area contributed by atoms with Gasteiger partial charge in [0.05, 0.1) is 0 Å². The number of carboxylic acid groups (broad SMARTS) is 2. The number of hydrogen-bond donors (Lipinski definition) is 2. The van der Waals surface area contributed by atoms with Crippen LogP contribution in [0.15, 0.2) is 0 Å². The number of carbonyl (C=O) groups is 3. The first-order chi connectivity index (χ1) is 8.16. The normalized spacial score (nSPS) is 13.1. The molecule has 18 heavy (non-hydrogen) atoms. The summed E-state index contributed by atoms with van der Waals surface area (Å²) in [5.41, 5.74) is 0. The van der Waals surface area contributed by atoms with Crippen molar-refractivity contribution in [2.24, 2.45) is 23.7 Å². The summed E-state index contributed by atoms with van der Waals surface area (Å²) in [6.45, 7) is 7.34. The maximum absolute atomic E-state index is 12.0. The second-order valence-corrected chi connectivity index (χ2v) is 5.35. The molecular weight excluding hydrogens is 236 g/mol. The number of ketones is 1. The maximum Gasteiger partial charge on any atom is 0.317 e. The van der Waals surface area contributed by atoms with Gasteiger partial charge in [-0.25, -0.2) is 0 Å². The van der Waals surface area contributed by atoms with Crippen LogP contribution >= 0.6 is 0 Å². The van der Waals surface area contributed by atoms with Crippen LogP contribution in [0, 0.1) is 23.7 Å². The summed E-state index contributed by atoms with van der Waals surface area (Å²) in [7, 11) is 0. The molecule has 0 saturated heterocycles. The number of Topliss-reactive ketones (excluding diaryl/α,β-unsaturated/α-hetero) is 1. The summed E-state index contributed by atoms with van der Waals surface area (Å²) in [5, 5.41) is 17.7. The number of aliphatic carboxylic acids is 2. The predicted molar refractivity (Wildman–Crippen MR) is 66.2 cm³/mol. The van der Waals surface area contributed by atoms with E-state index >= 15 is 0 Å². The van der Waals surface area contributed by atoms with Crippen LogP contribution in [-0.2, 0) is 14.4 Å². The molecule has 0 radical (unpaired) electrons. The minimum atomic E-state index is -1.50. The Balaban J connectivity index is 4.92. The quantitative estimate of drug-likeness (QED) is 0.650. The van der Waals surface area contributed by atoms with Gasteiger partial charge in [-0.1, -0.05) is 27.7 Å². The van der Waals surface area contributed by atoms with E-state index in [1.165, 1.54) is 0 Å². The summed E-state index contributed by atoms with van der Waals surface area (Å²) in [6.07, 6.45) is 0.397. The molecule has 0 spiro atoms. The molecule has 2 N–H and O–H groups in total. The van der Waals surface area contributed by atoms with Crippen molar-refractivity contribution in [1.29, 1.82) is 0 Å². The molecule has 1 atom stereocenters. The molecule has 0 aliphatic rings. The molecule has 5 nitrogen and oxygen atoms in total. The molecular formula is C13H22O5. The standard InChI is InChI=1S/C13H22O5/c1-7(2)5-9(11(14)8(3)4)6-10(12(15)16)13(17)18/h7-10H,5-6H2,1-4H3,(H,15,16)(H,17,18). The Bertz CT molecular complexity index is 305. The first kappa shape index (κ1) is 16.6. The lowest BCUT2D eigenvalue weighted by atomic mass is 9.82. The molecule has 0 amide bonds. The minimum absolute atomic E-state index is 0.0591. The Morgan fingerprint density at radius 1 is 0.889 bits per heavy atom. The van der Waals surface area contributed by atoms with Gasteiger partial charge in [-0.2, -0.15) is 0 Å². The monoisotopic (exact) mass is 258 g/mol. The summed E-state index contributed by atoms with van der Waals surface area (Å²) >= 11 is 0. The van der Waals surface area contributed by atoms with Crippen molar-refractivity contribution in [2.75, 3.05) is 0 Å². The fourth-order valence-corrected chi connectivity index (χ4v) is 1.96. The molecule has 0 aromatic rings. The summed E-state index contributed by atoms with van der Waals surface area (Å²) in [6, 6.07) is 0. The van der Waals surface area contributed by atoms with E-state index < -0.39 is 23.8 Å². The van der Waals surface area contributed by atoms with Gasteiger partial charge in [-0.05, 0) is 18.8 Å². The second kappa shape index (κ2) is 7.13. The summed E-state index contributed by atoms with van der Waals surface area (Å²) < 4.78 is 0. The van der Waals surface area contributed by atoms with Gasteiger partial charge in [-0.15, -0.1) is 0 Å². The topological polar surface area (TPSA) is 91.7 Å². The van der Waals surface area contributed by atoms with Crippen LogP contribution in [0.2, 0.25) is 0 Å². The molecule has 0 aromatic carbocycles. The summed E-state index contributed by atoms with van der Waals surface area (Å²) in [4.78, 5) is 33.7. The molecule has 0 rings (SSSR count). The molecule has 1 unspecified atom stereocenters. The number of rotatable bonds is 8. The molecule has 0 aromatic heterocycles. The lowest BCUT2D eigenvalue weighted by Gasteiger charge is -2.21. The number of hydrogen-bond acceptors (Lipinski definition) is 3. The Morgan fingerprint density at radius 3 is 1.61 bits per heavy atom. The van der Waals surface area contributed by atoms with E-state index in [-0.39, 0.29) is 24.0 Å². The third-order valence-corrected chi connectivity index (χ3v) is 2.84. The predicted octanol–water partition coefficient (Wildman–Crippen LogP) is 2.05. The van der Waals surface area contributed by atoms with Gasteiger partial charge in [0.15, 0.2) is 5.92 Å². The molecule has 0 saturated carbocycles. The highest BCUT2D eigenvalue weighted by Crippen LogP contribution is 2.24. The molecule has 0 heterocycles. The van der Waals surface area contributed by atoms with Gasteiger partial charge in [0.25, 0.3) is 0 Å². The Morgan fingerprint density at radius 2 is 1.33 bits per heavy atom. The second-order valence-electron chi connectivity index (χ2n) is 5.35. The fraction of sp³-hybridized carbons (Fsp3) is 0.769. The van der Waals surface area contributed by atoms with Crippen LogP contribution in [0.1, 0.15) is 40.5 Å². The Hall–Kier alpha value is -1.39. The van der Waals surface area contributed by atoms with Crippen molar-refractivity contribution >= 4 is 17.7 Å². The van der Waals surface area contributed by atoms with Gasteiger partial charge in [-0.3, -0.25) is 14.4 Å². The molecule has 5 heteroatoms. The largest absolute Gasteiger partial charge is 0.481 e. The van der Waals surface area contributed by atoms with E-state index in [4.69, 9.17) is 10.2 Å². The van der Waals surface area contributed by atoms with Crippen molar-refractivity contribution in [3.05, 3.63) is 0 Å². The Labute approximate surface area is 107 Å². The van der Waals surface area contributed by atoms with Gasteiger partial charge in [0.1, 0.15) is 5.78 Å². The minimum Gasteiger partial charge on any atom is -0.481 e. The number of carbonyl (C=O) groups excluding carboxylic acids is 1. The van der Waals surface area contributed by atoms with Gasteiger partial charge in [0.2, 0.25) is 0 Å². The van der Waals surface area contributed by atoms with Crippen LogP contribution in [0.4, 0.5) is 0 Å². The van der Waals surface area contributed by atoms with Crippen molar-refractivity contribution < 1.29 is 24.6 Å². The third-order valence-electron chi connectivity index (χ3n) is 2.84. The summed E-state index contributed by atoms with van der Waals surface area (Å²) in [5.74, 6) is -4.81. The van der Waals surface area contributed by atoms with Crippen LogP contribution in [-0.4, -0.2) is 27.9 Å². The highest BCUT2D eigenvalue weighted by atomic mass is 16.4. The van der Waals surface area contributed by atoms with E-state index in [1.54, 1.807) is 13.8 Å². The lowest BCUT2D eigenvalue weighted by molar-refractivity contribution is -0.155. The zero-order valence-electron chi connectivity index (χ0n) is 11.3. The number of carboxylic acids is 2. The van der Waals surface area contributed by atoms with E-state index in [0.29, 0.717) is 6.42 Å². The first-order valence-corrected chi connectivity index (χ1v) is 6.16. The molecule has 0 bridgehead atoms. The van der Waals surface area contributed by atoms with Gasteiger partial charge < -0.3 is 10.2 Å². The average Bonchev–Trinajstić information content (AvgIpc) is 2.21. The van der Waals surface area contributed by atoms with Crippen LogP contribution in [0.5, 0.6) is 0 Å².